The standard InChI is InChI=1S/C29H38N2O10Si/c1-15-25(42(2,3)39)20(12-13-32)41-29(15)18-6-4-5-7-19(18)31(28(29)38)14-16-8-10-17(11-9-16)30-26(36)24-22(34)21(33)23(35)27(37)40-24/h4-11,15,20-25,27,32-35,37,39H,12-14H2,1-3H3,(H,30,36)/t15-,20+,21+,22+,23-,24+,25-,27-,29+/m1/s1. The van der Waals surface area contributed by atoms with Gasteiger partial charge < -0.3 is 50.0 Å². The number of hydrogen-bond acceptors (Lipinski definition) is 10. The van der Waals surface area contributed by atoms with E-state index >= 15 is 0 Å². The van der Waals surface area contributed by atoms with Crippen molar-refractivity contribution < 1.29 is 49.4 Å². The van der Waals surface area contributed by atoms with Crippen LogP contribution < -0.4 is 10.2 Å². The normalized spacial score (nSPS) is 34.6. The fraction of sp³-hybridized carbons (Fsp3) is 0.517. The van der Waals surface area contributed by atoms with Gasteiger partial charge in [-0.15, -0.1) is 0 Å². The van der Waals surface area contributed by atoms with Gasteiger partial charge in [0.25, 0.3) is 11.8 Å². The molecule has 3 aliphatic heterocycles. The summed E-state index contributed by atoms with van der Waals surface area (Å²) in [6.07, 6.45) is -8.84. The molecular weight excluding hydrogens is 564 g/mol. The molecule has 3 heterocycles. The van der Waals surface area contributed by atoms with Crippen LogP contribution in [0.2, 0.25) is 18.6 Å². The van der Waals surface area contributed by atoms with Crippen molar-refractivity contribution in [3.05, 3.63) is 59.7 Å². The van der Waals surface area contributed by atoms with E-state index in [1.54, 1.807) is 29.2 Å². The zero-order valence-corrected chi connectivity index (χ0v) is 24.6. The fourth-order valence-corrected chi connectivity index (χ4v) is 9.36. The number of fused-ring (bicyclic) bond motifs is 2. The summed E-state index contributed by atoms with van der Waals surface area (Å²) in [4.78, 5) is 39.7. The maximum Gasteiger partial charge on any atom is 0.264 e. The molecule has 2 aromatic carbocycles. The second-order valence-electron chi connectivity index (χ2n) is 11.9. The SMILES string of the molecule is C[C@@H]1[C@@H]([Si](C)(C)O)[C@H](CCO)O[C@@]12C(=O)N(Cc1ccc(NC(=O)[C@H]3O[C@@H](O)[C@H](O)[C@@H](O)[C@@H]3O)cc1)c1ccccc12. The summed E-state index contributed by atoms with van der Waals surface area (Å²) in [5.41, 5.74) is 0.984. The summed E-state index contributed by atoms with van der Waals surface area (Å²) in [6.45, 7) is 5.69. The number of benzene rings is 2. The van der Waals surface area contributed by atoms with E-state index in [0.717, 1.165) is 11.1 Å². The van der Waals surface area contributed by atoms with Gasteiger partial charge in [-0.1, -0.05) is 37.3 Å². The van der Waals surface area contributed by atoms with Crippen LogP contribution in [0.4, 0.5) is 11.4 Å². The number of anilines is 2. The number of rotatable bonds is 7. The van der Waals surface area contributed by atoms with Crippen molar-refractivity contribution in [1.29, 1.82) is 0 Å². The zero-order valence-electron chi connectivity index (χ0n) is 23.6. The Morgan fingerprint density at radius 3 is 2.33 bits per heavy atom. The summed E-state index contributed by atoms with van der Waals surface area (Å²) in [6, 6.07) is 14.1. The van der Waals surface area contributed by atoms with E-state index in [2.05, 4.69) is 5.32 Å². The van der Waals surface area contributed by atoms with Crippen LogP contribution in [0.1, 0.15) is 24.5 Å². The number of carbonyl (C=O) groups is 2. The molecule has 1 spiro atoms. The van der Waals surface area contributed by atoms with Crippen molar-refractivity contribution in [2.75, 3.05) is 16.8 Å². The number of nitrogens with one attached hydrogen (secondary N) is 1. The van der Waals surface area contributed by atoms with Gasteiger partial charge in [-0.05, 0) is 43.3 Å². The van der Waals surface area contributed by atoms with E-state index in [4.69, 9.17) is 9.47 Å². The van der Waals surface area contributed by atoms with Gasteiger partial charge in [0, 0.05) is 29.3 Å². The lowest BCUT2D eigenvalue weighted by Crippen LogP contribution is -2.60. The third-order valence-corrected chi connectivity index (χ3v) is 11.2. The van der Waals surface area contributed by atoms with Gasteiger partial charge in [-0.25, -0.2) is 0 Å². The zero-order chi connectivity index (χ0) is 30.6. The summed E-state index contributed by atoms with van der Waals surface area (Å²) in [7, 11) is -2.78. The fourth-order valence-electron chi connectivity index (χ4n) is 6.75. The predicted octanol–water partition coefficient (Wildman–Crippen LogP) is 0.152. The van der Waals surface area contributed by atoms with Crippen LogP contribution >= 0.6 is 0 Å². The van der Waals surface area contributed by atoms with E-state index in [1.165, 1.54) is 0 Å². The van der Waals surface area contributed by atoms with Gasteiger partial charge in [-0.3, -0.25) is 9.59 Å². The van der Waals surface area contributed by atoms with Crippen molar-refractivity contribution in [2.24, 2.45) is 5.92 Å². The Morgan fingerprint density at radius 2 is 1.69 bits per heavy atom. The second-order valence-corrected chi connectivity index (χ2v) is 15.9. The van der Waals surface area contributed by atoms with Crippen molar-refractivity contribution in [2.45, 2.75) is 80.9 Å². The van der Waals surface area contributed by atoms with Crippen LogP contribution in [0.15, 0.2) is 48.5 Å². The van der Waals surface area contributed by atoms with Crippen molar-refractivity contribution >= 4 is 31.5 Å². The van der Waals surface area contributed by atoms with E-state index < -0.39 is 56.6 Å². The average molecular weight is 603 g/mol. The average Bonchev–Trinajstić information content (AvgIpc) is 3.37. The topological polar surface area (TPSA) is 189 Å². The first-order valence-corrected chi connectivity index (χ1v) is 17.0. The molecule has 2 saturated heterocycles. The van der Waals surface area contributed by atoms with Crippen LogP contribution in [0.25, 0.3) is 0 Å². The molecule has 0 radical (unpaired) electrons. The van der Waals surface area contributed by atoms with E-state index in [9.17, 15) is 39.9 Å². The third kappa shape index (κ3) is 5.08. The van der Waals surface area contributed by atoms with Crippen molar-refractivity contribution in [1.82, 2.24) is 0 Å². The first-order valence-electron chi connectivity index (χ1n) is 14.0. The minimum Gasteiger partial charge on any atom is -0.432 e. The number of aliphatic hydroxyl groups excluding tert-OH is 5. The number of aliphatic hydroxyl groups is 5. The number of ether oxygens (including phenoxy) is 2. The second kappa shape index (κ2) is 11.4. The van der Waals surface area contributed by atoms with E-state index in [0.29, 0.717) is 17.8 Å². The Kier molecular flexibility index (Phi) is 8.35. The van der Waals surface area contributed by atoms with Gasteiger partial charge in [0.2, 0.25) is 0 Å². The molecular formula is C29H38N2O10Si. The first-order chi connectivity index (χ1) is 19.8. The lowest BCUT2D eigenvalue weighted by Gasteiger charge is -2.37. The molecule has 0 bridgehead atoms. The van der Waals surface area contributed by atoms with Crippen LogP contribution in [0.5, 0.6) is 0 Å². The number of amides is 2. The summed E-state index contributed by atoms with van der Waals surface area (Å²) in [5, 5.41) is 51.6. The van der Waals surface area contributed by atoms with E-state index in [-0.39, 0.29) is 30.5 Å². The predicted molar refractivity (Wildman–Crippen MR) is 152 cm³/mol. The maximum absolute atomic E-state index is 14.2. The molecule has 0 aromatic heterocycles. The quantitative estimate of drug-likeness (QED) is 0.215. The molecule has 0 aliphatic carbocycles. The Hall–Kier alpha value is -2.72. The molecule has 2 aromatic rings. The molecule has 0 saturated carbocycles. The molecule has 42 heavy (non-hydrogen) atoms. The van der Waals surface area contributed by atoms with Gasteiger partial charge in [0.15, 0.2) is 26.3 Å². The molecule has 3 aliphatic rings. The summed E-state index contributed by atoms with van der Waals surface area (Å²) in [5.74, 6) is -1.38. The lowest BCUT2D eigenvalue weighted by molar-refractivity contribution is -0.274. The molecule has 5 rings (SSSR count). The number of para-hydroxylation sites is 1. The van der Waals surface area contributed by atoms with E-state index in [1.807, 2.05) is 44.3 Å². The molecule has 13 heteroatoms. The summed E-state index contributed by atoms with van der Waals surface area (Å²) >= 11 is 0. The summed E-state index contributed by atoms with van der Waals surface area (Å²) < 4.78 is 11.5. The molecule has 12 nitrogen and oxygen atoms in total. The Balaban J connectivity index is 1.35. The van der Waals surface area contributed by atoms with Gasteiger partial charge >= 0.3 is 0 Å². The van der Waals surface area contributed by atoms with Crippen LogP contribution in [0, 0.1) is 5.92 Å². The highest BCUT2D eigenvalue weighted by atomic mass is 28.4. The Morgan fingerprint density at radius 1 is 1.02 bits per heavy atom. The van der Waals surface area contributed by atoms with Crippen molar-refractivity contribution in [3.8, 4) is 0 Å². The smallest absolute Gasteiger partial charge is 0.264 e. The minimum atomic E-state index is -2.78. The number of carbonyl (C=O) groups excluding carboxylic acids is 2. The molecule has 9 atom stereocenters. The molecule has 0 unspecified atom stereocenters. The number of hydrogen-bond donors (Lipinski definition) is 7. The van der Waals surface area contributed by atoms with Crippen LogP contribution in [0.3, 0.4) is 0 Å². The van der Waals surface area contributed by atoms with Gasteiger partial charge in [0.05, 0.1) is 18.3 Å². The molecule has 2 fully saturated rings. The third-order valence-electron chi connectivity index (χ3n) is 8.71. The number of nitrogens with zero attached hydrogens (tertiary/aromatic N) is 1. The highest BCUT2D eigenvalue weighted by Crippen LogP contribution is 2.59. The van der Waals surface area contributed by atoms with Crippen LogP contribution in [-0.2, 0) is 31.2 Å². The monoisotopic (exact) mass is 602 g/mol. The lowest BCUT2D eigenvalue weighted by atomic mass is 9.82. The first kappa shape index (κ1) is 30.7. The van der Waals surface area contributed by atoms with Crippen LogP contribution in [-0.4, -0.2) is 93.9 Å². The maximum atomic E-state index is 14.2. The molecule has 2 amide bonds. The highest BCUT2D eigenvalue weighted by molar-refractivity contribution is 6.71. The van der Waals surface area contributed by atoms with Gasteiger partial charge in [0.1, 0.15) is 18.3 Å². The van der Waals surface area contributed by atoms with Gasteiger partial charge in [-0.2, -0.15) is 0 Å². The Labute approximate surface area is 244 Å². The molecule has 7 N–H and O–H groups in total. The Bertz CT molecular complexity index is 1320. The highest BCUT2D eigenvalue weighted by Gasteiger charge is 2.66. The largest absolute Gasteiger partial charge is 0.432 e. The minimum absolute atomic E-state index is 0.119. The van der Waals surface area contributed by atoms with Crippen molar-refractivity contribution in [3.63, 3.8) is 0 Å². The molecule has 228 valence electrons.